The third kappa shape index (κ3) is 2.28. The number of benzene rings is 1. The summed E-state index contributed by atoms with van der Waals surface area (Å²) < 4.78 is 38.9. The zero-order chi connectivity index (χ0) is 12.7. The van der Waals surface area contributed by atoms with Crippen molar-refractivity contribution in [3.05, 3.63) is 33.8 Å². The monoisotopic (exact) mass is 305 g/mol. The van der Waals surface area contributed by atoms with E-state index in [1.807, 2.05) is 0 Å². The Morgan fingerprint density at radius 1 is 1.35 bits per heavy atom. The molecule has 0 bridgehead atoms. The van der Waals surface area contributed by atoms with Crippen LogP contribution >= 0.6 is 15.9 Å². The maximum atomic E-state index is 12.9. The molecule has 0 heterocycles. The smallest absolute Gasteiger partial charge is 0.211 e. The van der Waals surface area contributed by atoms with Gasteiger partial charge < -0.3 is 0 Å². The molecule has 0 atom stereocenters. The summed E-state index contributed by atoms with van der Waals surface area (Å²) >= 11 is 3.01. The van der Waals surface area contributed by atoms with Crippen LogP contribution in [0.4, 0.5) is 13.2 Å². The van der Waals surface area contributed by atoms with Crippen molar-refractivity contribution in [3.8, 4) is 0 Å². The first-order chi connectivity index (χ1) is 7.89. The second-order valence-corrected chi connectivity index (χ2v) is 4.84. The van der Waals surface area contributed by atoms with E-state index in [2.05, 4.69) is 20.9 Å². The van der Waals surface area contributed by atoms with Gasteiger partial charge in [-0.25, -0.2) is 4.79 Å². The summed E-state index contributed by atoms with van der Waals surface area (Å²) in [4.78, 5) is 13.8. The summed E-state index contributed by atoms with van der Waals surface area (Å²) in [5, 5.41) is 0. The number of nitrogens with zero attached hydrogens (tertiary/aromatic N) is 1. The third-order valence-corrected chi connectivity index (χ3v) is 3.26. The lowest BCUT2D eigenvalue weighted by molar-refractivity contribution is -0.138. The van der Waals surface area contributed by atoms with Crippen LogP contribution in [-0.2, 0) is 16.5 Å². The van der Waals surface area contributed by atoms with Crippen LogP contribution in [0, 0.1) is 0 Å². The van der Waals surface area contributed by atoms with Gasteiger partial charge in [-0.2, -0.15) is 18.2 Å². The Bertz CT molecular complexity index is 502. The van der Waals surface area contributed by atoms with Crippen LogP contribution in [0.5, 0.6) is 0 Å². The number of hydrogen-bond donors (Lipinski definition) is 0. The van der Waals surface area contributed by atoms with Crippen molar-refractivity contribution < 1.29 is 18.0 Å². The van der Waals surface area contributed by atoms with Crippen LogP contribution in [0.3, 0.4) is 0 Å². The maximum Gasteiger partial charge on any atom is 0.416 e. The van der Waals surface area contributed by atoms with E-state index in [9.17, 15) is 18.0 Å². The zero-order valence-electron chi connectivity index (χ0n) is 8.51. The van der Waals surface area contributed by atoms with Crippen molar-refractivity contribution in [2.75, 3.05) is 0 Å². The van der Waals surface area contributed by atoms with Gasteiger partial charge in [0.15, 0.2) is 0 Å². The van der Waals surface area contributed by atoms with Crippen LogP contribution in [0.25, 0.3) is 0 Å². The molecule has 0 saturated heterocycles. The number of aliphatic imine (C=N–C) groups is 1. The highest BCUT2D eigenvalue weighted by molar-refractivity contribution is 9.10. The first-order valence-corrected chi connectivity index (χ1v) is 5.65. The summed E-state index contributed by atoms with van der Waals surface area (Å²) in [5.41, 5.74) is -1.70. The van der Waals surface area contributed by atoms with Crippen molar-refractivity contribution in [2.45, 2.75) is 24.6 Å². The summed E-state index contributed by atoms with van der Waals surface area (Å²) in [6.45, 7) is 0. The molecule has 0 radical (unpaired) electrons. The Hall–Kier alpha value is -1.13. The number of carbonyl (C=O) groups excluding carboxylic acids is 1. The van der Waals surface area contributed by atoms with Gasteiger partial charge in [0.25, 0.3) is 0 Å². The topological polar surface area (TPSA) is 29.4 Å². The van der Waals surface area contributed by atoms with Crippen LogP contribution < -0.4 is 0 Å². The Balaban J connectivity index is 2.59. The van der Waals surface area contributed by atoms with E-state index in [1.54, 1.807) is 0 Å². The second kappa shape index (κ2) is 3.96. The van der Waals surface area contributed by atoms with E-state index >= 15 is 0 Å². The average molecular weight is 306 g/mol. The number of hydrogen-bond acceptors (Lipinski definition) is 2. The molecule has 0 unspecified atom stereocenters. The molecule has 1 aliphatic rings. The minimum absolute atomic E-state index is 0.0524. The molecule has 1 aromatic carbocycles. The Morgan fingerprint density at radius 3 is 2.47 bits per heavy atom. The molecule has 2 nitrogen and oxygen atoms in total. The maximum absolute atomic E-state index is 12.9. The minimum atomic E-state index is -4.45. The summed E-state index contributed by atoms with van der Waals surface area (Å²) in [6, 6.07) is 3.89. The largest absolute Gasteiger partial charge is 0.416 e. The molecule has 1 aliphatic carbocycles. The van der Waals surface area contributed by atoms with E-state index in [-0.39, 0.29) is 5.56 Å². The molecule has 0 aromatic heterocycles. The van der Waals surface area contributed by atoms with Crippen LogP contribution in [0.1, 0.15) is 24.0 Å². The molecule has 6 heteroatoms. The Morgan fingerprint density at radius 2 is 2.00 bits per heavy atom. The molecule has 17 heavy (non-hydrogen) atoms. The Kier molecular flexibility index (Phi) is 2.87. The summed E-state index contributed by atoms with van der Waals surface area (Å²) in [7, 11) is 0. The molecule has 90 valence electrons. The Labute approximate surface area is 104 Å². The molecule has 1 saturated carbocycles. The fourth-order valence-electron chi connectivity index (χ4n) is 1.80. The molecular formula is C11H7BrF3NO. The van der Waals surface area contributed by atoms with Gasteiger partial charge in [-0.1, -0.05) is 22.0 Å². The van der Waals surface area contributed by atoms with E-state index in [0.29, 0.717) is 17.3 Å². The van der Waals surface area contributed by atoms with Crippen molar-refractivity contribution in [1.29, 1.82) is 0 Å². The number of alkyl halides is 3. The normalized spacial score (nSPS) is 17.4. The first-order valence-electron chi connectivity index (χ1n) is 4.85. The van der Waals surface area contributed by atoms with E-state index < -0.39 is 17.3 Å². The van der Waals surface area contributed by atoms with Crippen LogP contribution in [0.2, 0.25) is 0 Å². The van der Waals surface area contributed by atoms with Gasteiger partial charge in [0.1, 0.15) is 0 Å². The lowest BCUT2D eigenvalue weighted by Crippen LogP contribution is -2.15. The van der Waals surface area contributed by atoms with Gasteiger partial charge in [0, 0.05) is 4.47 Å². The van der Waals surface area contributed by atoms with Gasteiger partial charge in [-0.05, 0) is 30.5 Å². The lowest BCUT2D eigenvalue weighted by Gasteiger charge is -2.17. The standard InChI is InChI=1S/C11H7BrF3NO/c12-7-1-2-8(9(5-7)11(13,14)15)10(3-4-10)16-6-17/h1-2,5H,3-4H2. The van der Waals surface area contributed by atoms with Gasteiger partial charge in [-0.3, -0.25) is 0 Å². The van der Waals surface area contributed by atoms with Crippen LogP contribution in [0.15, 0.2) is 27.7 Å². The minimum Gasteiger partial charge on any atom is -0.211 e. The SMILES string of the molecule is O=C=NC1(c2ccc(Br)cc2C(F)(F)F)CC1. The average Bonchev–Trinajstić information content (AvgIpc) is 2.98. The molecule has 0 spiro atoms. The first kappa shape index (κ1) is 12.3. The van der Waals surface area contributed by atoms with Crippen molar-refractivity contribution in [1.82, 2.24) is 0 Å². The van der Waals surface area contributed by atoms with E-state index in [4.69, 9.17) is 0 Å². The molecule has 0 aliphatic heterocycles. The quantitative estimate of drug-likeness (QED) is 0.604. The summed E-state index contributed by atoms with van der Waals surface area (Å²) in [5.74, 6) is 0. The fourth-order valence-corrected chi connectivity index (χ4v) is 2.17. The van der Waals surface area contributed by atoms with Gasteiger partial charge >= 0.3 is 6.18 Å². The summed E-state index contributed by atoms with van der Waals surface area (Å²) in [6.07, 6.45) is -2.19. The third-order valence-electron chi connectivity index (χ3n) is 2.77. The van der Waals surface area contributed by atoms with Crippen molar-refractivity contribution in [2.24, 2.45) is 4.99 Å². The fraction of sp³-hybridized carbons (Fsp3) is 0.364. The molecular weight excluding hydrogens is 299 g/mol. The molecule has 1 fully saturated rings. The van der Waals surface area contributed by atoms with Gasteiger partial charge in [0.2, 0.25) is 6.08 Å². The molecule has 0 amide bonds. The molecule has 0 N–H and O–H groups in total. The van der Waals surface area contributed by atoms with E-state index in [0.717, 1.165) is 6.07 Å². The predicted molar refractivity (Wildman–Crippen MR) is 58.2 cm³/mol. The highest BCUT2D eigenvalue weighted by Crippen LogP contribution is 2.53. The van der Waals surface area contributed by atoms with E-state index in [1.165, 1.54) is 18.2 Å². The second-order valence-electron chi connectivity index (χ2n) is 3.92. The molecule has 2 rings (SSSR count). The van der Waals surface area contributed by atoms with Gasteiger partial charge in [0.05, 0.1) is 11.1 Å². The number of isocyanates is 1. The van der Waals surface area contributed by atoms with Crippen molar-refractivity contribution >= 4 is 22.0 Å². The van der Waals surface area contributed by atoms with Gasteiger partial charge in [-0.15, -0.1) is 0 Å². The molecule has 1 aromatic rings. The van der Waals surface area contributed by atoms with Crippen molar-refractivity contribution in [3.63, 3.8) is 0 Å². The number of rotatable bonds is 2. The number of halogens is 4. The highest BCUT2D eigenvalue weighted by Gasteiger charge is 2.49. The predicted octanol–water partition coefficient (Wildman–Crippen LogP) is 3.79. The lowest BCUT2D eigenvalue weighted by atomic mass is 9.98. The zero-order valence-corrected chi connectivity index (χ0v) is 10.1. The van der Waals surface area contributed by atoms with Crippen LogP contribution in [-0.4, -0.2) is 6.08 Å². The highest BCUT2D eigenvalue weighted by atomic mass is 79.9.